The summed E-state index contributed by atoms with van der Waals surface area (Å²) in [5, 5.41) is 4.98. The van der Waals surface area contributed by atoms with Crippen LogP contribution in [0.25, 0.3) is 6.08 Å². The zero-order valence-electron chi connectivity index (χ0n) is 14.2. The van der Waals surface area contributed by atoms with Gasteiger partial charge in [0.05, 0.1) is 9.80 Å². The first-order chi connectivity index (χ1) is 12.2. The zero-order valence-corrected chi connectivity index (χ0v) is 15.8. The molecule has 5 aliphatic rings. The first-order valence-electron chi connectivity index (χ1n) is 9.04. The molecule has 0 saturated heterocycles. The third-order valence-electron chi connectivity index (χ3n) is 6.67. The smallest absolute Gasteiger partial charge is 0.370 e. The Morgan fingerprint density at radius 2 is 1.62 bits per heavy atom. The summed E-state index contributed by atoms with van der Waals surface area (Å²) in [6.45, 7) is 0. The number of allylic oxidation sites excluding steroid dienone is 1. The Morgan fingerprint density at radius 3 is 2.19 bits per heavy atom. The molecule has 0 radical (unpaired) electrons. The first kappa shape index (κ1) is 16.8. The lowest BCUT2D eigenvalue weighted by Crippen LogP contribution is -2.46. The van der Waals surface area contributed by atoms with Crippen LogP contribution in [0.4, 0.5) is 0 Å². The summed E-state index contributed by atoms with van der Waals surface area (Å²) in [6.07, 6.45) is 7.39. The minimum atomic E-state index is -4.22. The van der Waals surface area contributed by atoms with Gasteiger partial charge in [0.15, 0.2) is 5.75 Å². The van der Waals surface area contributed by atoms with Crippen molar-refractivity contribution in [2.24, 2.45) is 34.7 Å². The van der Waals surface area contributed by atoms with Crippen LogP contribution in [0, 0.1) is 29.6 Å². The van der Waals surface area contributed by atoms with E-state index in [4.69, 9.17) is 9.32 Å². The van der Waals surface area contributed by atoms with E-state index in [9.17, 15) is 16.8 Å². The van der Waals surface area contributed by atoms with Crippen LogP contribution in [0.5, 0.6) is 5.75 Å². The summed E-state index contributed by atoms with van der Waals surface area (Å²) < 4.78 is 53.9. The quantitative estimate of drug-likeness (QED) is 0.847. The summed E-state index contributed by atoms with van der Waals surface area (Å²) in [5.74, 6) is 2.37. The van der Waals surface area contributed by atoms with Crippen molar-refractivity contribution in [3.63, 3.8) is 0 Å². The van der Waals surface area contributed by atoms with Gasteiger partial charge in [0.1, 0.15) is 0 Å². The van der Waals surface area contributed by atoms with E-state index in [-0.39, 0.29) is 16.6 Å². The number of hydrogen-bond donors (Lipinski definition) is 1. The summed E-state index contributed by atoms with van der Waals surface area (Å²) in [4.78, 5) is 0.578. The lowest BCUT2D eigenvalue weighted by atomic mass is 9.52. The molecule has 2 N–H and O–H groups in total. The molecule has 1 heterocycles. The lowest BCUT2D eigenvalue weighted by Gasteiger charge is -2.54. The first-order valence-corrected chi connectivity index (χ1v) is 12.0. The molecule has 8 heteroatoms. The van der Waals surface area contributed by atoms with Crippen LogP contribution < -0.4 is 9.32 Å². The van der Waals surface area contributed by atoms with Gasteiger partial charge in [-0.2, -0.15) is 13.6 Å². The highest BCUT2D eigenvalue weighted by molar-refractivity contribution is 7.95. The van der Waals surface area contributed by atoms with Gasteiger partial charge in [-0.25, -0.2) is 8.42 Å². The average Bonchev–Trinajstić information content (AvgIpc) is 2.78. The molecule has 6 rings (SSSR count). The van der Waals surface area contributed by atoms with Crippen molar-refractivity contribution < 1.29 is 21.0 Å². The van der Waals surface area contributed by atoms with Crippen LogP contribution in [0.15, 0.2) is 28.0 Å². The highest BCUT2D eigenvalue weighted by Crippen LogP contribution is 2.60. The van der Waals surface area contributed by atoms with Gasteiger partial charge in [-0.15, -0.1) is 0 Å². The minimum absolute atomic E-state index is 0.0209. The number of hydrogen-bond acceptors (Lipinski definition) is 5. The molecule has 0 aromatic heterocycles. The fourth-order valence-corrected chi connectivity index (χ4v) is 8.48. The molecule has 1 aliphatic heterocycles. The second-order valence-electron chi connectivity index (χ2n) is 8.25. The number of sulfone groups is 1. The van der Waals surface area contributed by atoms with E-state index in [1.54, 1.807) is 6.08 Å². The van der Waals surface area contributed by atoms with Gasteiger partial charge in [0, 0.05) is 11.5 Å². The maximum Gasteiger partial charge on any atom is 0.380 e. The summed E-state index contributed by atoms with van der Waals surface area (Å²) in [5.41, 5.74) is 0.310. The van der Waals surface area contributed by atoms with Crippen molar-refractivity contribution in [2.45, 2.75) is 37.0 Å². The van der Waals surface area contributed by atoms with Gasteiger partial charge in [-0.1, -0.05) is 6.07 Å². The number of benzene rings is 1. The summed E-state index contributed by atoms with van der Waals surface area (Å²) >= 11 is 0. The van der Waals surface area contributed by atoms with E-state index in [0.717, 1.165) is 37.5 Å². The lowest BCUT2D eigenvalue weighted by molar-refractivity contribution is -0.0176. The van der Waals surface area contributed by atoms with E-state index in [1.165, 1.54) is 24.6 Å². The maximum absolute atomic E-state index is 13.2. The van der Waals surface area contributed by atoms with Gasteiger partial charge in [-0.3, -0.25) is 0 Å². The molecular formula is C18H21NO5S2. The Labute approximate surface area is 153 Å². The predicted molar refractivity (Wildman–Crippen MR) is 95.9 cm³/mol. The van der Waals surface area contributed by atoms with Crippen molar-refractivity contribution in [1.29, 1.82) is 0 Å². The Bertz CT molecular complexity index is 998. The molecule has 0 unspecified atom stereocenters. The molecule has 0 atom stereocenters. The summed E-state index contributed by atoms with van der Waals surface area (Å²) in [7, 11) is -7.84. The molecule has 0 spiro atoms. The predicted octanol–water partition coefficient (Wildman–Crippen LogP) is 2.47. The molecule has 0 amide bonds. The van der Waals surface area contributed by atoms with E-state index in [2.05, 4.69) is 0 Å². The van der Waals surface area contributed by atoms with E-state index >= 15 is 0 Å². The molecule has 4 aliphatic carbocycles. The van der Waals surface area contributed by atoms with Gasteiger partial charge in [0.25, 0.3) is 0 Å². The average molecular weight is 396 g/mol. The molecule has 6 nitrogen and oxygen atoms in total. The largest absolute Gasteiger partial charge is 0.380 e. The second-order valence-corrected chi connectivity index (χ2v) is 11.3. The minimum Gasteiger partial charge on any atom is -0.370 e. The maximum atomic E-state index is 13.2. The molecule has 1 aromatic carbocycles. The molecule has 4 bridgehead atoms. The van der Waals surface area contributed by atoms with Crippen molar-refractivity contribution in [2.75, 3.05) is 0 Å². The topological polar surface area (TPSA) is 104 Å². The van der Waals surface area contributed by atoms with Crippen LogP contribution in [0.2, 0.25) is 0 Å². The Balaban J connectivity index is 1.60. The van der Waals surface area contributed by atoms with Crippen molar-refractivity contribution in [3.05, 3.63) is 28.7 Å². The van der Waals surface area contributed by atoms with Crippen LogP contribution in [0.1, 0.15) is 37.7 Å². The van der Waals surface area contributed by atoms with Gasteiger partial charge in [-0.05, 0) is 74.0 Å². The molecule has 4 saturated carbocycles. The molecule has 1 aromatic rings. The molecule has 140 valence electrons. The normalized spacial score (nSPS) is 36.7. The van der Waals surface area contributed by atoms with Crippen LogP contribution in [-0.2, 0) is 20.1 Å². The highest BCUT2D eigenvalue weighted by Gasteiger charge is 2.52. The molecule has 26 heavy (non-hydrogen) atoms. The highest BCUT2D eigenvalue weighted by atomic mass is 32.2. The van der Waals surface area contributed by atoms with Crippen LogP contribution in [0.3, 0.4) is 0 Å². The Kier molecular flexibility index (Phi) is 3.44. The van der Waals surface area contributed by atoms with Gasteiger partial charge < -0.3 is 4.18 Å². The van der Waals surface area contributed by atoms with E-state index in [1.807, 2.05) is 0 Å². The van der Waals surface area contributed by atoms with Gasteiger partial charge in [0.2, 0.25) is 9.84 Å². The molecular weight excluding hydrogens is 374 g/mol. The van der Waals surface area contributed by atoms with Crippen molar-refractivity contribution in [3.8, 4) is 5.75 Å². The number of rotatable bonds is 3. The fraction of sp³-hybridized carbons (Fsp3) is 0.556. The number of nitrogens with two attached hydrogens (primary N) is 1. The van der Waals surface area contributed by atoms with E-state index < -0.39 is 20.1 Å². The Morgan fingerprint density at radius 1 is 1.00 bits per heavy atom. The molecule has 4 fully saturated rings. The summed E-state index contributed by atoms with van der Waals surface area (Å²) in [6, 6.07) is 4.44. The van der Waals surface area contributed by atoms with Crippen LogP contribution >= 0.6 is 0 Å². The van der Waals surface area contributed by atoms with Crippen molar-refractivity contribution in [1.82, 2.24) is 0 Å². The van der Waals surface area contributed by atoms with E-state index in [0.29, 0.717) is 22.3 Å². The Hall–Kier alpha value is -1.38. The standard InChI is InChI=1S/C18H21NO5S2/c19-26(22,23)24-15-2-1-3-16-14(15)9-17(25(16,20)21)18-12-5-10-4-11(7-12)8-13(18)6-10/h1-3,9-13,18H,4-8H2,(H2,19,22,23). The SMILES string of the molecule is NS(=O)(=O)Oc1cccc2c1C=C(C1C3CC4CC(C3)CC1C4)S2(=O)=O. The monoisotopic (exact) mass is 395 g/mol. The number of fused-ring (bicyclic) bond motifs is 1. The van der Waals surface area contributed by atoms with Crippen molar-refractivity contribution >= 4 is 26.2 Å². The third-order valence-corrected chi connectivity index (χ3v) is 9.03. The third kappa shape index (κ3) is 2.46. The zero-order chi connectivity index (χ0) is 18.3. The van der Waals surface area contributed by atoms with Gasteiger partial charge >= 0.3 is 10.3 Å². The second kappa shape index (κ2) is 5.33. The fourth-order valence-electron chi connectivity index (χ4n) is 6.11. The van der Waals surface area contributed by atoms with Crippen LogP contribution in [-0.4, -0.2) is 16.8 Å².